The van der Waals surface area contributed by atoms with Gasteiger partial charge < -0.3 is 15.3 Å². The van der Waals surface area contributed by atoms with E-state index in [0.717, 1.165) is 5.56 Å². The molecule has 0 aromatic heterocycles. The standard InChI is InChI=1S/C17H17FN2O3/c18-14-8-6-13(7-9-14)10-19-16(21)11-20(12-17(22)23)15-4-2-1-3-5-15/h1-9H,10-12H2,(H,19,21)(H,22,23). The lowest BCUT2D eigenvalue weighted by Crippen LogP contribution is -2.39. The number of aliphatic carboxylic acids is 1. The van der Waals surface area contributed by atoms with Crippen LogP contribution in [0.4, 0.5) is 10.1 Å². The molecule has 6 heteroatoms. The van der Waals surface area contributed by atoms with Crippen LogP contribution in [-0.4, -0.2) is 30.1 Å². The highest BCUT2D eigenvalue weighted by Crippen LogP contribution is 2.12. The van der Waals surface area contributed by atoms with E-state index in [1.54, 1.807) is 36.4 Å². The van der Waals surface area contributed by atoms with Gasteiger partial charge in [0.1, 0.15) is 12.4 Å². The molecule has 0 radical (unpaired) electrons. The summed E-state index contributed by atoms with van der Waals surface area (Å²) in [6.45, 7) is -0.0830. The second kappa shape index (κ2) is 7.93. The SMILES string of the molecule is O=C(O)CN(CC(=O)NCc1ccc(F)cc1)c1ccccc1. The zero-order chi connectivity index (χ0) is 16.7. The molecular formula is C17H17FN2O3. The quantitative estimate of drug-likeness (QED) is 0.820. The summed E-state index contributed by atoms with van der Waals surface area (Å²) in [6, 6.07) is 14.7. The van der Waals surface area contributed by atoms with Crippen LogP contribution in [0.25, 0.3) is 0 Å². The van der Waals surface area contributed by atoms with E-state index in [-0.39, 0.29) is 31.4 Å². The predicted molar refractivity (Wildman–Crippen MR) is 84.5 cm³/mol. The number of hydrogen-bond donors (Lipinski definition) is 2. The number of rotatable bonds is 7. The van der Waals surface area contributed by atoms with Gasteiger partial charge in [-0.05, 0) is 29.8 Å². The van der Waals surface area contributed by atoms with E-state index in [9.17, 15) is 14.0 Å². The molecule has 2 N–H and O–H groups in total. The Bertz CT molecular complexity index is 659. The smallest absolute Gasteiger partial charge is 0.323 e. The third-order valence-corrected chi connectivity index (χ3v) is 3.18. The topological polar surface area (TPSA) is 69.6 Å². The Kier molecular flexibility index (Phi) is 5.68. The molecule has 2 aromatic rings. The molecule has 0 heterocycles. The Balaban J connectivity index is 1.94. The van der Waals surface area contributed by atoms with Crippen molar-refractivity contribution < 1.29 is 19.1 Å². The molecule has 5 nitrogen and oxygen atoms in total. The van der Waals surface area contributed by atoms with Crippen LogP contribution in [0.2, 0.25) is 0 Å². The number of carbonyl (C=O) groups is 2. The largest absolute Gasteiger partial charge is 0.480 e. The molecule has 0 aliphatic heterocycles. The summed E-state index contributed by atoms with van der Waals surface area (Å²) in [5, 5.41) is 11.7. The fourth-order valence-electron chi connectivity index (χ4n) is 2.07. The van der Waals surface area contributed by atoms with Gasteiger partial charge >= 0.3 is 5.97 Å². The number of carbonyl (C=O) groups excluding carboxylic acids is 1. The van der Waals surface area contributed by atoms with Crippen molar-refractivity contribution in [2.24, 2.45) is 0 Å². The molecule has 2 rings (SSSR count). The van der Waals surface area contributed by atoms with Gasteiger partial charge in [-0.1, -0.05) is 30.3 Å². The summed E-state index contributed by atoms with van der Waals surface area (Å²) in [5.74, 6) is -1.66. The molecule has 2 aromatic carbocycles. The number of para-hydroxylation sites is 1. The lowest BCUT2D eigenvalue weighted by molar-refractivity contribution is -0.135. The van der Waals surface area contributed by atoms with Crippen molar-refractivity contribution in [3.63, 3.8) is 0 Å². The van der Waals surface area contributed by atoms with Crippen molar-refractivity contribution in [2.75, 3.05) is 18.0 Å². The summed E-state index contributed by atoms with van der Waals surface area (Å²) in [4.78, 5) is 24.5. The fraction of sp³-hybridized carbons (Fsp3) is 0.176. The molecule has 0 unspecified atom stereocenters. The van der Waals surface area contributed by atoms with Gasteiger partial charge in [-0.15, -0.1) is 0 Å². The van der Waals surface area contributed by atoms with Crippen LogP contribution in [0.1, 0.15) is 5.56 Å². The van der Waals surface area contributed by atoms with Gasteiger partial charge in [-0.25, -0.2) is 4.39 Å². The van der Waals surface area contributed by atoms with Crippen molar-refractivity contribution in [3.05, 3.63) is 66.0 Å². The van der Waals surface area contributed by atoms with E-state index in [1.165, 1.54) is 17.0 Å². The van der Waals surface area contributed by atoms with Crippen LogP contribution in [-0.2, 0) is 16.1 Å². The molecular weight excluding hydrogens is 299 g/mol. The summed E-state index contributed by atoms with van der Waals surface area (Å²) in [6.07, 6.45) is 0. The Morgan fingerprint density at radius 1 is 1.00 bits per heavy atom. The zero-order valence-electron chi connectivity index (χ0n) is 12.4. The van der Waals surface area contributed by atoms with Crippen molar-refractivity contribution in [1.82, 2.24) is 5.32 Å². The maximum Gasteiger partial charge on any atom is 0.323 e. The third-order valence-electron chi connectivity index (χ3n) is 3.18. The first kappa shape index (κ1) is 16.5. The number of benzene rings is 2. The predicted octanol–water partition coefficient (Wildman–Crippen LogP) is 2.03. The van der Waals surface area contributed by atoms with E-state index in [2.05, 4.69) is 5.32 Å². The lowest BCUT2D eigenvalue weighted by atomic mass is 10.2. The molecule has 1 amide bonds. The van der Waals surface area contributed by atoms with Gasteiger partial charge in [0, 0.05) is 12.2 Å². The average molecular weight is 316 g/mol. The van der Waals surface area contributed by atoms with Gasteiger partial charge in [-0.2, -0.15) is 0 Å². The molecule has 0 aliphatic carbocycles. The number of halogens is 1. The first-order valence-electron chi connectivity index (χ1n) is 7.07. The monoisotopic (exact) mass is 316 g/mol. The zero-order valence-corrected chi connectivity index (χ0v) is 12.4. The van der Waals surface area contributed by atoms with Crippen molar-refractivity contribution >= 4 is 17.6 Å². The Morgan fingerprint density at radius 2 is 1.65 bits per heavy atom. The van der Waals surface area contributed by atoms with Gasteiger partial charge in [0.2, 0.25) is 5.91 Å². The van der Waals surface area contributed by atoms with Gasteiger partial charge in [0.05, 0.1) is 6.54 Å². The summed E-state index contributed by atoms with van der Waals surface area (Å²) in [5.41, 5.74) is 1.43. The molecule has 0 fully saturated rings. The molecule has 120 valence electrons. The van der Waals surface area contributed by atoms with Crippen molar-refractivity contribution in [1.29, 1.82) is 0 Å². The molecule has 23 heavy (non-hydrogen) atoms. The van der Waals surface area contributed by atoms with E-state index in [1.807, 2.05) is 6.07 Å². The summed E-state index contributed by atoms with van der Waals surface area (Å²) >= 11 is 0. The molecule has 0 spiro atoms. The van der Waals surface area contributed by atoms with E-state index in [4.69, 9.17) is 5.11 Å². The minimum Gasteiger partial charge on any atom is -0.480 e. The summed E-state index contributed by atoms with van der Waals surface area (Å²) in [7, 11) is 0. The maximum atomic E-state index is 12.8. The summed E-state index contributed by atoms with van der Waals surface area (Å²) < 4.78 is 12.8. The normalized spacial score (nSPS) is 10.1. The van der Waals surface area contributed by atoms with E-state index < -0.39 is 5.97 Å². The lowest BCUT2D eigenvalue weighted by Gasteiger charge is -2.22. The highest BCUT2D eigenvalue weighted by Gasteiger charge is 2.14. The Hall–Kier alpha value is -2.89. The van der Waals surface area contributed by atoms with Gasteiger partial charge in [0.25, 0.3) is 0 Å². The van der Waals surface area contributed by atoms with Crippen LogP contribution in [0.5, 0.6) is 0 Å². The number of anilines is 1. The maximum absolute atomic E-state index is 12.8. The average Bonchev–Trinajstić information content (AvgIpc) is 2.54. The number of carboxylic acid groups (broad SMARTS) is 1. The third kappa shape index (κ3) is 5.43. The molecule has 0 bridgehead atoms. The molecule has 0 aliphatic rings. The number of amides is 1. The molecule has 0 saturated carbocycles. The van der Waals surface area contributed by atoms with Crippen LogP contribution in [0.15, 0.2) is 54.6 Å². The minimum absolute atomic E-state index is 0.0719. The second-order valence-corrected chi connectivity index (χ2v) is 4.99. The first-order valence-corrected chi connectivity index (χ1v) is 7.07. The fourth-order valence-corrected chi connectivity index (χ4v) is 2.07. The van der Waals surface area contributed by atoms with Gasteiger partial charge in [0.15, 0.2) is 0 Å². The molecule has 0 saturated heterocycles. The highest BCUT2D eigenvalue weighted by molar-refractivity contribution is 5.84. The van der Waals surface area contributed by atoms with Gasteiger partial charge in [-0.3, -0.25) is 9.59 Å². The number of hydrogen-bond acceptors (Lipinski definition) is 3. The highest BCUT2D eigenvalue weighted by atomic mass is 19.1. The van der Waals surface area contributed by atoms with Crippen molar-refractivity contribution in [3.8, 4) is 0 Å². The van der Waals surface area contributed by atoms with Crippen LogP contribution in [0, 0.1) is 5.82 Å². The van der Waals surface area contributed by atoms with E-state index >= 15 is 0 Å². The van der Waals surface area contributed by atoms with Crippen LogP contribution >= 0.6 is 0 Å². The number of nitrogens with one attached hydrogen (secondary N) is 1. The Labute approximate surface area is 133 Å². The van der Waals surface area contributed by atoms with Crippen LogP contribution in [0.3, 0.4) is 0 Å². The number of carboxylic acids is 1. The Morgan fingerprint density at radius 3 is 2.26 bits per heavy atom. The second-order valence-electron chi connectivity index (χ2n) is 4.99. The molecule has 0 atom stereocenters. The van der Waals surface area contributed by atoms with Crippen LogP contribution < -0.4 is 10.2 Å². The van der Waals surface area contributed by atoms with E-state index in [0.29, 0.717) is 5.69 Å². The minimum atomic E-state index is -1.01. The van der Waals surface area contributed by atoms with Crippen molar-refractivity contribution in [2.45, 2.75) is 6.54 Å². The number of nitrogens with zero attached hydrogens (tertiary/aromatic N) is 1. The first-order chi connectivity index (χ1) is 11.0.